The van der Waals surface area contributed by atoms with E-state index in [-0.39, 0.29) is 0 Å². The predicted octanol–water partition coefficient (Wildman–Crippen LogP) is 3.21. The van der Waals surface area contributed by atoms with Gasteiger partial charge >= 0.3 is 0 Å². The number of carbonyl (C=O) groups is 1. The summed E-state index contributed by atoms with van der Waals surface area (Å²) < 4.78 is 5.85. The maximum Gasteiger partial charge on any atom is 0.153 e. The number of rotatable bonds is 3. The van der Waals surface area contributed by atoms with Crippen LogP contribution < -0.4 is 4.74 Å². The van der Waals surface area contributed by atoms with E-state index in [1.807, 2.05) is 18.2 Å². The normalized spacial score (nSPS) is 17.3. The summed E-state index contributed by atoms with van der Waals surface area (Å²) in [7, 11) is 0. The van der Waals surface area contributed by atoms with Gasteiger partial charge in [0.2, 0.25) is 0 Å². The summed E-state index contributed by atoms with van der Waals surface area (Å²) in [5.41, 5.74) is 0.656. The quantitative estimate of drug-likeness (QED) is 0.707. The van der Waals surface area contributed by atoms with E-state index >= 15 is 0 Å². The molecule has 0 radical (unpaired) electrons. The largest absolute Gasteiger partial charge is 0.490 e. The van der Waals surface area contributed by atoms with Crippen LogP contribution in [-0.4, -0.2) is 12.4 Å². The summed E-state index contributed by atoms with van der Waals surface area (Å²) in [5.74, 6) is 0.736. The summed E-state index contributed by atoms with van der Waals surface area (Å²) in [6.45, 7) is 0. The molecule has 15 heavy (non-hydrogen) atoms. The molecule has 2 nitrogen and oxygen atoms in total. The number of benzene rings is 1. The lowest BCUT2D eigenvalue weighted by molar-refractivity contribution is 0.111. The van der Waals surface area contributed by atoms with Crippen LogP contribution in [0.3, 0.4) is 0 Å². The average molecular weight is 204 g/mol. The first kappa shape index (κ1) is 10.2. The minimum Gasteiger partial charge on any atom is -0.490 e. The molecule has 0 bridgehead atoms. The van der Waals surface area contributed by atoms with E-state index in [4.69, 9.17) is 4.74 Å². The summed E-state index contributed by atoms with van der Waals surface area (Å²) in [6.07, 6.45) is 7.20. The van der Waals surface area contributed by atoms with Crippen molar-refractivity contribution < 1.29 is 9.53 Å². The SMILES string of the molecule is O=Cc1ccccc1OC1CCCCC1. The summed E-state index contributed by atoms with van der Waals surface area (Å²) in [5, 5.41) is 0. The lowest BCUT2D eigenvalue weighted by Crippen LogP contribution is -2.20. The first-order valence-corrected chi connectivity index (χ1v) is 5.61. The number of aldehydes is 1. The van der Waals surface area contributed by atoms with Crippen LogP contribution in [-0.2, 0) is 0 Å². The van der Waals surface area contributed by atoms with Gasteiger partial charge in [0, 0.05) is 0 Å². The van der Waals surface area contributed by atoms with E-state index in [1.54, 1.807) is 6.07 Å². The molecule has 1 saturated carbocycles. The van der Waals surface area contributed by atoms with Gasteiger partial charge in [-0.3, -0.25) is 4.79 Å². The Morgan fingerprint density at radius 3 is 2.60 bits per heavy atom. The molecule has 1 aromatic rings. The lowest BCUT2D eigenvalue weighted by Gasteiger charge is -2.23. The number of hydrogen-bond acceptors (Lipinski definition) is 2. The van der Waals surface area contributed by atoms with E-state index in [2.05, 4.69) is 0 Å². The number of hydrogen-bond donors (Lipinski definition) is 0. The van der Waals surface area contributed by atoms with Crippen LogP contribution in [0.1, 0.15) is 42.5 Å². The Morgan fingerprint density at radius 2 is 1.87 bits per heavy atom. The standard InChI is InChI=1S/C13H16O2/c14-10-11-6-4-5-9-13(11)15-12-7-2-1-3-8-12/h4-6,9-10,12H,1-3,7-8H2. The fourth-order valence-electron chi connectivity index (χ4n) is 2.05. The van der Waals surface area contributed by atoms with Crippen molar-refractivity contribution in [2.75, 3.05) is 0 Å². The van der Waals surface area contributed by atoms with Gasteiger partial charge in [0.25, 0.3) is 0 Å². The molecule has 1 fully saturated rings. The van der Waals surface area contributed by atoms with Crippen LogP contribution in [0, 0.1) is 0 Å². The maximum atomic E-state index is 10.8. The Hall–Kier alpha value is -1.31. The van der Waals surface area contributed by atoms with Crippen LogP contribution in [0.2, 0.25) is 0 Å². The van der Waals surface area contributed by atoms with E-state index < -0.39 is 0 Å². The fraction of sp³-hybridized carbons (Fsp3) is 0.462. The maximum absolute atomic E-state index is 10.8. The molecule has 1 aromatic carbocycles. The third kappa shape index (κ3) is 2.58. The first-order chi connectivity index (χ1) is 7.40. The molecule has 0 heterocycles. The minimum atomic E-state index is 0.305. The third-order valence-corrected chi connectivity index (χ3v) is 2.89. The van der Waals surface area contributed by atoms with E-state index in [0.29, 0.717) is 11.7 Å². The molecule has 1 aliphatic rings. The lowest BCUT2D eigenvalue weighted by atomic mass is 9.98. The van der Waals surface area contributed by atoms with Crippen molar-refractivity contribution >= 4 is 6.29 Å². The zero-order valence-electron chi connectivity index (χ0n) is 8.82. The van der Waals surface area contributed by atoms with E-state index in [1.165, 1.54) is 19.3 Å². The molecule has 2 rings (SSSR count). The highest BCUT2D eigenvalue weighted by Gasteiger charge is 2.15. The van der Waals surface area contributed by atoms with Crippen LogP contribution in [0.5, 0.6) is 5.75 Å². The molecule has 0 unspecified atom stereocenters. The van der Waals surface area contributed by atoms with Crippen LogP contribution >= 0.6 is 0 Å². The van der Waals surface area contributed by atoms with Crippen molar-refractivity contribution in [3.63, 3.8) is 0 Å². The third-order valence-electron chi connectivity index (χ3n) is 2.89. The Labute approximate surface area is 90.3 Å². The zero-order valence-corrected chi connectivity index (χ0v) is 8.82. The van der Waals surface area contributed by atoms with Crippen molar-refractivity contribution in [3.8, 4) is 5.75 Å². The van der Waals surface area contributed by atoms with Crippen LogP contribution in [0.25, 0.3) is 0 Å². The number of para-hydroxylation sites is 1. The Morgan fingerprint density at radius 1 is 1.13 bits per heavy atom. The van der Waals surface area contributed by atoms with Crippen molar-refractivity contribution in [1.82, 2.24) is 0 Å². The van der Waals surface area contributed by atoms with Crippen molar-refractivity contribution in [2.45, 2.75) is 38.2 Å². The molecular weight excluding hydrogens is 188 g/mol. The zero-order chi connectivity index (χ0) is 10.5. The van der Waals surface area contributed by atoms with Gasteiger partial charge in [0.1, 0.15) is 5.75 Å². The number of ether oxygens (including phenoxy) is 1. The van der Waals surface area contributed by atoms with Crippen LogP contribution in [0.4, 0.5) is 0 Å². The van der Waals surface area contributed by atoms with Crippen molar-refractivity contribution in [2.24, 2.45) is 0 Å². The van der Waals surface area contributed by atoms with Gasteiger partial charge in [-0.05, 0) is 37.8 Å². The van der Waals surface area contributed by atoms with E-state index in [0.717, 1.165) is 24.9 Å². The molecule has 0 aromatic heterocycles. The van der Waals surface area contributed by atoms with Crippen molar-refractivity contribution in [1.29, 1.82) is 0 Å². The highest BCUT2D eigenvalue weighted by atomic mass is 16.5. The summed E-state index contributed by atoms with van der Waals surface area (Å²) >= 11 is 0. The molecule has 0 atom stereocenters. The second kappa shape index (κ2) is 4.96. The molecule has 0 amide bonds. The molecule has 0 spiro atoms. The van der Waals surface area contributed by atoms with Gasteiger partial charge in [-0.25, -0.2) is 0 Å². The Balaban J connectivity index is 2.05. The average Bonchev–Trinajstić information content (AvgIpc) is 2.31. The van der Waals surface area contributed by atoms with Crippen molar-refractivity contribution in [3.05, 3.63) is 29.8 Å². The van der Waals surface area contributed by atoms with Crippen LogP contribution in [0.15, 0.2) is 24.3 Å². The van der Waals surface area contributed by atoms with Gasteiger partial charge in [-0.1, -0.05) is 18.6 Å². The highest BCUT2D eigenvalue weighted by Crippen LogP contribution is 2.24. The predicted molar refractivity (Wildman–Crippen MR) is 59.3 cm³/mol. The topological polar surface area (TPSA) is 26.3 Å². The second-order valence-electron chi connectivity index (χ2n) is 4.03. The smallest absolute Gasteiger partial charge is 0.153 e. The highest BCUT2D eigenvalue weighted by molar-refractivity contribution is 5.79. The van der Waals surface area contributed by atoms with E-state index in [9.17, 15) is 4.79 Å². The minimum absolute atomic E-state index is 0.305. The second-order valence-corrected chi connectivity index (χ2v) is 4.03. The molecule has 0 saturated heterocycles. The fourth-order valence-corrected chi connectivity index (χ4v) is 2.05. The van der Waals surface area contributed by atoms with Gasteiger partial charge in [0.05, 0.1) is 11.7 Å². The molecule has 80 valence electrons. The van der Waals surface area contributed by atoms with Gasteiger partial charge in [0.15, 0.2) is 6.29 Å². The molecule has 1 aliphatic carbocycles. The van der Waals surface area contributed by atoms with Gasteiger partial charge < -0.3 is 4.74 Å². The Kier molecular flexibility index (Phi) is 3.38. The molecule has 0 aliphatic heterocycles. The molecular formula is C13H16O2. The molecule has 2 heteroatoms. The van der Waals surface area contributed by atoms with Gasteiger partial charge in [-0.2, -0.15) is 0 Å². The molecule has 0 N–H and O–H groups in total. The van der Waals surface area contributed by atoms with Gasteiger partial charge in [-0.15, -0.1) is 0 Å². The monoisotopic (exact) mass is 204 g/mol. The number of carbonyl (C=O) groups excluding carboxylic acids is 1. The Bertz CT molecular complexity index is 327. The first-order valence-electron chi connectivity index (χ1n) is 5.61. The summed E-state index contributed by atoms with van der Waals surface area (Å²) in [6, 6.07) is 7.44. The summed E-state index contributed by atoms with van der Waals surface area (Å²) in [4.78, 5) is 10.8.